The molecule has 2 aromatic carbocycles. The Kier molecular flexibility index (Phi) is 14.1. The molecule has 3 rings (SSSR count). The van der Waals surface area contributed by atoms with Gasteiger partial charge in [-0.1, -0.05) is 111 Å². The first-order valence-corrected chi connectivity index (χ1v) is 18.3. The molecule has 0 N–H and O–H groups in total. The molecule has 0 saturated carbocycles. The molecular formula is C42H66O3. The Hall–Kier alpha value is -2.29. The van der Waals surface area contributed by atoms with Gasteiger partial charge in [0.1, 0.15) is 17.1 Å². The van der Waals surface area contributed by atoms with E-state index in [0.717, 1.165) is 77.2 Å². The van der Waals surface area contributed by atoms with Gasteiger partial charge in [0, 0.05) is 5.56 Å². The van der Waals surface area contributed by atoms with Crippen molar-refractivity contribution in [1.29, 1.82) is 0 Å². The summed E-state index contributed by atoms with van der Waals surface area (Å²) in [6, 6.07) is 8.44. The van der Waals surface area contributed by atoms with Crippen LogP contribution in [0.5, 0.6) is 11.5 Å². The molecule has 0 fully saturated rings. The number of carbonyl (C=O) groups is 1. The molecule has 4 unspecified atom stereocenters. The van der Waals surface area contributed by atoms with E-state index in [1.54, 1.807) is 0 Å². The van der Waals surface area contributed by atoms with Gasteiger partial charge in [0.2, 0.25) is 0 Å². The quantitative estimate of drug-likeness (QED) is 0.131. The van der Waals surface area contributed by atoms with Crippen molar-refractivity contribution in [1.82, 2.24) is 0 Å². The van der Waals surface area contributed by atoms with E-state index in [1.807, 2.05) is 6.92 Å². The van der Waals surface area contributed by atoms with Crippen molar-refractivity contribution >= 4 is 5.97 Å². The molecule has 252 valence electrons. The van der Waals surface area contributed by atoms with Crippen LogP contribution < -0.4 is 9.47 Å². The third-order valence-corrected chi connectivity index (χ3v) is 10.5. The highest BCUT2D eigenvalue weighted by atomic mass is 16.5. The van der Waals surface area contributed by atoms with Crippen molar-refractivity contribution in [3.8, 4) is 11.5 Å². The summed E-state index contributed by atoms with van der Waals surface area (Å²) in [6.07, 6.45) is 14.8. The number of rotatable bonds is 17. The molecule has 1 heterocycles. The minimum absolute atomic E-state index is 0.143. The van der Waals surface area contributed by atoms with Crippen LogP contribution in [0.1, 0.15) is 159 Å². The lowest BCUT2D eigenvalue weighted by Crippen LogP contribution is -2.37. The third kappa shape index (κ3) is 10.9. The Bertz CT molecular complexity index is 1220. The molecule has 1 aliphatic rings. The molecule has 2 aromatic rings. The molecule has 4 atom stereocenters. The highest BCUT2D eigenvalue weighted by Gasteiger charge is 2.35. The van der Waals surface area contributed by atoms with Gasteiger partial charge in [-0.3, -0.25) is 4.79 Å². The minimum Gasteiger partial charge on any atom is -0.487 e. The number of ether oxygens (including phenoxy) is 2. The molecule has 0 spiro atoms. The van der Waals surface area contributed by atoms with E-state index in [0.29, 0.717) is 5.92 Å². The number of carbonyl (C=O) groups excluding carboxylic acids is 1. The summed E-state index contributed by atoms with van der Waals surface area (Å²) < 4.78 is 13.0. The molecule has 45 heavy (non-hydrogen) atoms. The van der Waals surface area contributed by atoms with E-state index in [9.17, 15) is 4.79 Å². The van der Waals surface area contributed by atoms with Crippen molar-refractivity contribution in [2.45, 2.75) is 165 Å². The Morgan fingerprint density at radius 1 is 0.778 bits per heavy atom. The molecule has 0 aromatic heterocycles. The molecule has 3 nitrogen and oxygen atoms in total. The largest absolute Gasteiger partial charge is 0.487 e. The SMILES string of the molecule is Cc1c(C)c2c(c(C)c1OC(=O)C(C)c1ccc(CC(C)C)cc1)CCC(C)(CCCC(C)CCCC(C)CCCC(C)C)O2. The molecule has 0 bridgehead atoms. The highest BCUT2D eigenvalue weighted by Crippen LogP contribution is 2.45. The summed E-state index contributed by atoms with van der Waals surface area (Å²) >= 11 is 0. The van der Waals surface area contributed by atoms with Gasteiger partial charge in [0.25, 0.3) is 0 Å². The van der Waals surface area contributed by atoms with E-state index in [2.05, 4.69) is 93.5 Å². The van der Waals surface area contributed by atoms with Gasteiger partial charge in [-0.25, -0.2) is 0 Å². The molecule has 3 heteroatoms. The topological polar surface area (TPSA) is 35.5 Å². The van der Waals surface area contributed by atoms with E-state index in [-0.39, 0.29) is 17.5 Å². The predicted octanol–water partition coefficient (Wildman–Crippen LogP) is 12.0. The molecule has 0 aliphatic carbocycles. The second kappa shape index (κ2) is 17.0. The lowest BCUT2D eigenvalue weighted by molar-refractivity contribution is -0.135. The first-order chi connectivity index (χ1) is 21.2. The fourth-order valence-electron chi connectivity index (χ4n) is 7.15. The maximum absolute atomic E-state index is 13.3. The zero-order valence-corrected chi connectivity index (χ0v) is 30.9. The van der Waals surface area contributed by atoms with Gasteiger partial charge in [-0.05, 0) is 118 Å². The van der Waals surface area contributed by atoms with E-state index >= 15 is 0 Å². The first-order valence-electron chi connectivity index (χ1n) is 18.3. The summed E-state index contributed by atoms with van der Waals surface area (Å²) in [5, 5.41) is 0. The fourth-order valence-corrected chi connectivity index (χ4v) is 7.15. The van der Waals surface area contributed by atoms with E-state index in [1.165, 1.54) is 62.5 Å². The number of hydrogen-bond acceptors (Lipinski definition) is 3. The van der Waals surface area contributed by atoms with Crippen LogP contribution in [0.4, 0.5) is 0 Å². The first kappa shape index (κ1) is 37.2. The average Bonchev–Trinajstić information content (AvgIpc) is 2.97. The summed E-state index contributed by atoms with van der Waals surface area (Å²) in [6.45, 7) is 24.5. The Labute approximate surface area is 277 Å². The van der Waals surface area contributed by atoms with Crippen LogP contribution in [0.15, 0.2) is 24.3 Å². The monoisotopic (exact) mass is 619 g/mol. The number of esters is 1. The Balaban J connectivity index is 1.55. The summed E-state index contributed by atoms with van der Waals surface area (Å²) in [5.41, 5.74) is 6.53. The molecular weight excluding hydrogens is 552 g/mol. The highest BCUT2D eigenvalue weighted by molar-refractivity contribution is 5.81. The molecule has 0 saturated heterocycles. The summed E-state index contributed by atoms with van der Waals surface area (Å²) in [7, 11) is 0. The average molecular weight is 619 g/mol. The smallest absolute Gasteiger partial charge is 0.318 e. The lowest BCUT2D eigenvalue weighted by atomic mass is 9.83. The van der Waals surface area contributed by atoms with Crippen molar-refractivity contribution in [2.24, 2.45) is 23.7 Å². The summed E-state index contributed by atoms with van der Waals surface area (Å²) in [4.78, 5) is 13.3. The normalized spacial score (nSPS) is 18.4. The molecule has 1 aliphatic heterocycles. The van der Waals surface area contributed by atoms with E-state index < -0.39 is 0 Å². The Morgan fingerprint density at radius 3 is 1.93 bits per heavy atom. The van der Waals surface area contributed by atoms with Gasteiger partial charge >= 0.3 is 5.97 Å². The van der Waals surface area contributed by atoms with Gasteiger partial charge in [0.05, 0.1) is 5.92 Å². The van der Waals surface area contributed by atoms with Crippen molar-refractivity contribution in [3.63, 3.8) is 0 Å². The molecule has 0 radical (unpaired) electrons. The lowest BCUT2D eigenvalue weighted by Gasteiger charge is -2.38. The van der Waals surface area contributed by atoms with Crippen LogP contribution in [0.2, 0.25) is 0 Å². The zero-order valence-electron chi connectivity index (χ0n) is 30.9. The number of hydrogen-bond donors (Lipinski definition) is 0. The minimum atomic E-state index is -0.326. The third-order valence-electron chi connectivity index (χ3n) is 10.5. The van der Waals surface area contributed by atoms with Gasteiger partial charge in [-0.15, -0.1) is 0 Å². The predicted molar refractivity (Wildman–Crippen MR) is 192 cm³/mol. The second-order valence-corrected chi connectivity index (χ2v) is 15.9. The second-order valence-electron chi connectivity index (χ2n) is 15.9. The van der Waals surface area contributed by atoms with Crippen LogP contribution in [0, 0.1) is 44.4 Å². The van der Waals surface area contributed by atoms with Crippen molar-refractivity contribution < 1.29 is 14.3 Å². The standard InChI is InChI=1S/C42H66O3/c1-28(2)15-12-16-30(5)17-13-18-31(6)19-14-25-42(11)26-24-38-35(10)39(32(7)33(8)40(38)45-42)44-41(43)34(9)37-22-20-36(21-23-37)27-29(3)4/h20-23,28-31,34H,12-19,24-27H2,1-11H3. The number of fused-ring (bicyclic) bond motifs is 1. The van der Waals surface area contributed by atoms with Crippen LogP contribution >= 0.6 is 0 Å². The van der Waals surface area contributed by atoms with Crippen molar-refractivity contribution in [2.75, 3.05) is 0 Å². The maximum atomic E-state index is 13.3. The van der Waals surface area contributed by atoms with E-state index in [4.69, 9.17) is 9.47 Å². The fraction of sp³-hybridized carbons (Fsp3) is 0.690. The maximum Gasteiger partial charge on any atom is 0.318 e. The Morgan fingerprint density at radius 2 is 1.36 bits per heavy atom. The van der Waals surface area contributed by atoms with Crippen molar-refractivity contribution in [3.05, 3.63) is 57.6 Å². The van der Waals surface area contributed by atoms with Crippen LogP contribution in [-0.2, 0) is 17.6 Å². The van der Waals surface area contributed by atoms with Crippen LogP contribution in [-0.4, -0.2) is 11.6 Å². The number of benzene rings is 2. The van der Waals surface area contributed by atoms with Gasteiger partial charge < -0.3 is 9.47 Å². The molecule has 0 amide bonds. The van der Waals surface area contributed by atoms with Gasteiger partial charge in [0.15, 0.2) is 0 Å². The van der Waals surface area contributed by atoms with Crippen LogP contribution in [0.3, 0.4) is 0 Å². The summed E-state index contributed by atoms with van der Waals surface area (Å²) in [5.74, 6) is 4.29. The van der Waals surface area contributed by atoms with Crippen LogP contribution in [0.25, 0.3) is 0 Å². The van der Waals surface area contributed by atoms with Gasteiger partial charge in [-0.2, -0.15) is 0 Å². The zero-order chi connectivity index (χ0) is 33.3.